The Morgan fingerprint density at radius 3 is 2.76 bits per heavy atom. The first-order chi connectivity index (χ1) is 10.2. The molecule has 7 nitrogen and oxygen atoms in total. The van der Waals surface area contributed by atoms with Gasteiger partial charge in [0.2, 0.25) is 5.91 Å². The van der Waals surface area contributed by atoms with Gasteiger partial charge in [-0.3, -0.25) is 9.69 Å². The number of cyclic esters (lactones) is 1. The second kappa shape index (κ2) is 6.15. The zero-order chi connectivity index (χ0) is 14.7. The van der Waals surface area contributed by atoms with Crippen LogP contribution in [0.1, 0.15) is 12.8 Å². The maximum Gasteiger partial charge on any atom is 0.410 e. The number of ether oxygens (including phenoxy) is 1. The standard InChI is InChI=1S/C14H20N4O3/c19-13(10-18-7-8-21-14(18)20)17-4-1-12(2-5-17)9-16-6-3-15-11-16/h3,6,11-12H,1-2,4-5,7-10H2. The molecule has 0 spiro atoms. The van der Waals surface area contributed by atoms with E-state index < -0.39 is 0 Å². The molecular formula is C14H20N4O3. The van der Waals surface area contributed by atoms with Crippen LogP contribution in [0.25, 0.3) is 0 Å². The monoisotopic (exact) mass is 292 g/mol. The lowest BCUT2D eigenvalue weighted by Crippen LogP contribution is -2.44. The summed E-state index contributed by atoms with van der Waals surface area (Å²) in [6.45, 7) is 3.54. The van der Waals surface area contributed by atoms with Crippen molar-refractivity contribution in [1.82, 2.24) is 19.4 Å². The van der Waals surface area contributed by atoms with Crippen LogP contribution in [0.4, 0.5) is 4.79 Å². The molecule has 3 rings (SSSR count). The van der Waals surface area contributed by atoms with Crippen molar-refractivity contribution < 1.29 is 14.3 Å². The van der Waals surface area contributed by atoms with Gasteiger partial charge in [0.15, 0.2) is 0 Å². The Hall–Kier alpha value is -2.05. The molecule has 1 aromatic heterocycles. The second-order valence-electron chi connectivity index (χ2n) is 5.62. The Kier molecular flexibility index (Phi) is 4.08. The predicted octanol–water partition coefficient (Wildman–Crippen LogP) is 0.574. The maximum absolute atomic E-state index is 12.2. The van der Waals surface area contributed by atoms with Crippen LogP contribution in [0.5, 0.6) is 0 Å². The normalized spacial score (nSPS) is 19.9. The minimum atomic E-state index is -0.377. The molecule has 2 aliphatic rings. The smallest absolute Gasteiger partial charge is 0.410 e. The number of piperidine rings is 1. The Balaban J connectivity index is 1.44. The average Bonchev–Trinajstić information content (AvgIpc) is 3.12. The number of carbonyl (C=O) groups is 2. The van der Waals surface area contributed by atoms with Crippen LogP contribution < -0.4 is 0 Å². The number of aromatic nitrogens is 2. The van der Waals surface area contributed by atoms with E-state index >= 15 is 0 Å². The molecule has 0 aliphatic carbocycles. The average molecular weight is 292 g/mol. The molecule has 2 fully saturated rings. The number of rotatable bonds is 4. The summed E-state index contributed by atoms with van der Waals surface area (Å²) in [7, 11) is 0. The Bertz CT molecular complexity index is 494. The first-order valence-electron chi connectivity index (χ1n) is 7.37. The van der Waals surface area contributed by atoms with E-state index in [-0.39, 0.29) is 18.5 Å². The quantitative estimate of drug-likeness (QED) is 0.814. The topological polar surface area (TPSA) is 67.7 Å². The van der Waals surface area contributed by atoms with Crippen molar-refractivity contribution in [3.63, 3.8) is 0 Å². The molecule has 2 aliphatic heterocycles. The van der Waals surface area contributed by atoms with Gasteiger partial charge in [0.05, 0.1) is 12.9 Å². The van der Waals surface area contributed by atoms with Gasteiger partial charge in [-0.1, -0.05) is 0 Å². The summed E-state index contributed by atoms with van der Waals surface area (Å²) in [5, 5.41) is 0. The number of hydrogen-bond donors (Lipinski definition) is 0. The molecular weight excluding hydrogens is 272 g/mol. The molecule has 7 heteroatoms. The third-order valence-corrected chi connectivity index (χ3v) is 4.17. The Morgan fingerprint density at radius 2 is 2.14 bits per heavy atom. The van der Waals surface area contributed by atoms with E-state index in [4.69, 9.17) is 4.74 Å². The van der Waals surface area contributed by atoms with Gasteiger partial charge < -0.3 is 14.2 Å². The fourth-order valence-corrected chi connectivity index (χ4v) is 2.89. The SMILES string of the molecule is O=C(CN1CCOC1=O)N1CCC(Cn2ccnc2)CC1. The lowest BCUT2D eigenvalue weighted by Gasteiger charge is -2.32. The molecule has 0 saturated carbocycles. The van der Waals surface area contributed by atoms with Gasteiger partial charge in [0, 0.05) is 32.0 Å². The van der Waals surface area contributed by atoms with E-state index in [2.05, 4.69) is 9.55 Å². The van der Waals surface area contributed by atoms with E-state index in [9.17, 15) is 9.59 Å². The molecule has 21 heavy (non-hydrogen) atoms. The number of amides is 2. The molecule has 114 valence electrons. The van der Waals surface area contributed by atoms with E-state index in [0.29, 0.717) is 19.1 Å². The van der Waals surface area contributed by atoms with Crippen molar-refractivity contribution in [2.45, 2.75) is 19.4 Å². The molecule has 1 aromatic rings. The van der Waals surface area contributed by atoms with Crippen LogP contribution in [0.15, 0.2) is 18.7 Å². The van der Waals surface area contributed by atoms with Gasteiger partial charge in [-0.2, -0.15) is 0 Å². The minimum absolute atomic E-state index is 0.0231. The summed E-state index contributed by atoms with van der Waals surface area (Å²) < 4.78 is 6.92. The van der Waals surface area contributed by atoms with Crippen molar-refractivity contribution in [1.29, 1.82) is 0 Å². The van der Waals surface area contributed by atoms with E-state index in [1.54, 1.807) is 6.20 Å². The van der Waals surface area contributed by atoms with Crippen molar-refractivity contribution in [3.05, 3.63) is 18.7 Å². The number of nitrogens with zero attached hydrogens (tertiary/aromatic N) is 4. The fraction of sp³-hybridized carbons (Fsp3) is 0.643. The first kappa shape index (κ1) is 13.9. The maximum atomic E-state index is 12.2. The molecule has 0 aromatic carbocycles. The van der Waals surface area contributed by atoms with Gasteiger partial charge in [0.25, 0.3) is 0 Å². The highest BCUT2D eigenvalue weighted by Gasteiger charge is 2.28. The van der Waals surface area contributed by atoms with Gasteiger partial charge in [-0.25, -0.2) is 9.78 Å². The molecule has 0 unspecified atom stereocenters. The van der Waals surface area contributed by atoms with Crippen LogP contribution >= 0.6 is 0 Å². The van der Waals surface area contributed by atoms with Crippen molar-refractivity contribution in [3.8, 4) is 0 Å². The molecule has 0 atom stereocenters. The predicted molar refractivity (Wildman–Crippen MR) is 74.5 cm³/mol. The summed E-state index contributed by atoms with van der Waals surface area (Å²) in [5.41, 5.74) is 0. The van der Waals surface area contributed by atoms with Crippen LogP contribution in [0.3, 0.4) is 0 Å². The van der Waals surface area contributed by atoms with Crippen LogP contribution in [-0.2, 0) is 16.1 Å². The van der Waals surface area contributed by atoms with Crippen LogP contribution in [0.2, 0.25) is 0 Å². The number of hydrogen-bond acceptors (Lipinski definition) is 4. The van der Waals surface area contributed by atoms with Crippen molar-refractivity contribution in [2.75, 3.05) is 32.8 Å². The lowest BCUT2D eigenvalue weighted by molar-refractivity contribution is -0.133. The molecule has 0 radical (unpaired) electrons. The van der Waals surface area contributed by atoms with E-state index in [0.717, 1.165) is 32.5 Å². The minimum Gasteiger partial charge on any atom is -0.448 e. The fourth-order valence-electron chi connectivity index (χ4n) is 2.89. The molecule has 0 bridgehead atoms. The first-order valence-corrected chi connectivity index (χ1v) is 7.37. The zero-order valence-electron chi connectivity index (χ0n) is 12.0. The Labute approximate surface area is 123 Å². The summed E-state index contributed by atoms with van der Waals surface area (Å²) in [4.78, 5) is 30.9. The summed E-state index contributed by atoms with van der Waals surface area (Å²) in [6, 6.07) is 0. The van der Waals surface area contributed by atoms with Crippen LogP contribution in [-0.4, -0.2) is 64.1 Å². The highest BCUT2D eigenvalue weighted by atomic mass is 16.6. The van der Waals surface area contributed by atoms with Gasteiger partial charge >= 0.3 is 6.09 Å². The third kappa shape index (κ3) is 3.34. The molecule has 0 N–H and O–H groups in total. The lowest BCUT2D eigenvalue weighted by atomic mass is 9.96. The van der Waals surface area contributed by atoms with Gasteiger partial charge in [-0.15, -0.1) is 0 Å². The van der Waals surface area contributed by atoms with E-state index in [1.807, 2.05) is 17.4 Å². The summed E-state index contributed by atoms with van der Waals surface area (Å²) in [6.07, 6.45) is 7.20. The second-order valence-corrected chi connectivity index (χ2v) is 5.62. The van der Waals surface area contributed by atoms with E-state index in [1.165, 1.54) is 4.90 Å². The third-order valence-electron chi connectivity index (χ3n) is 4.17. The summed E-state index contributed by atoms with van der Waals surface area (Å²) >= 11 is 0. The van der Waals surface area contributed by atoms with Crippen molar-refractivity contribution in [2.24, 2.45) is 5.92 Å². The zero-order valence-corrected chi connectivity index (χ0v) is 12.0. The van der Waals surface area contributed by atoms with Crippen molar-refractivity contribution >= 4 is 12.0 Å². The van der Waals surface area contributed by atoms with Crippen LogP contribution in [0, 0.1) is 5.92 Å². The number of imidazole rings is 1. The highest BCUT2D eigenvalue weighted by Crippen LogP contribution is 2.19. The number of carbonyl (C=O) groups excluding carboxylic acids is 2. The molecule has 3 heterocycles. The van der Waals surface area contributed by atoms with Gasteiger partial charge in [-0.05, 0) is 18.8 Å². The molecule has 2 saturated heterocycles. The largest absolute Gasteiger partial charge is 0.448 e. The number of likely N-dealkylation sites (tertiary alicyclic amines) is 1. The van der Waals surface area contributed by atoms with Gasteiger partial charge in [0.1, 0.15) is 13.2 Å². The highest BCUT2D eigenvalue weighted by molar-refractivity contribution is 5.82. The molecule has 2 amide bonds. The summed E-state index contributed by atoms with van der Waals surface area (Å²) in [5.74, 6) is 0.606. The Morgan fingerprint density at radius 1 is 1.33 bits per heavy atom.